The fourth-order valence-electron chi connectivity index (χ4n) is 2.18. The van der Waals surface area contributed by atoms with Crippen LogP contribution in [-0.2, 0) is 0 Å². The molecule has 0 aromatic heterocycles. The Hall–Kier alpha value is -0.900. The summed E-state index contributed by atoms with van der Waals surface area (Å²) in [5, 5.41) is 3.92. The predicted molar refractivity (Wildman–Crippen MR) is 81.2 cm³/mol. The van der Waals surface area contributed by atoms with Crippen molar-refractivity contribution in [3.05, 3.63) is 68.4 Å². The van der Waals surface area contributed by atoms with Crippen molar-refractivity contribution in [2.45, 2.75) is 13.0 Å². The molecule has 2 aromatic rings. The maximum absolute atomic E-state index is 13.2. The fraction of sp³-hybridized carbons (Fsp3) is 0.200. The smallest absolute Gasteiger partial charge is 0.123 e. The number of hydrogen-bond acceptors (Lipinski definition) is 1. The second kappa shape index (κ2) is 6.04. The lowest BCUT2D eigenvalue weighted by molar-refractivity contribution is 0.621. The highest BCUT2D eigenvalue weighted by Crippen LogP contribution is 2.32. The highest BCUT2D eigenvalue weighted by molar-refractivity contribution is 9.10. The van der Waals surface area contributed by atoms with Crippen molar-refractivity contribution in [1.29, 1.82) is 0 Å². The lowest BCUT2D eigenvalue weighted by Crippen LogP contribution is -2.19. The van der Waals surface area contributed by atoms with Crippen LogP contribution < -0.4 is 5.32 Å². The number of hydrogen-bond donors (Lipinski definition) is 1. The normalized spacial score (nSPS) is 12.5. The second-order valence-corrected chi connectivity index (χ2v) is 5.71. The monoisotopic (exact) mass is 341 g/mol. The zero-order valence-corrected chi connectivity index (χ0v) is 13.0. The molecule has 1 unspecified atom stereocenters. The van der Waals surface area contributed by atoms with Crippen LogP contribution in [0.15, 0.2) is 40.9 Å². The molecule has 0 saturated carbocycles. The number of halogens is 3. The Balaban J connectivity index is 2.52. The lowest BCUT2D eigenvalue weighted by Gasteiger charge is -2.21. The number of aryl methyl sites for hydroxylation is 1. The molecule has 0 heterocycles. The number of rotatable bonds is 3. The topological polar surface area (TPSA) is 12.0 Å². The first-order valence-electron chi connectivity index (χ1n) is 5.91. The van der Waals surface area contributed by atoms with Crippen molar-refractivity contribution < 1.29 is 4.39 Å². The summed E-state index contributed by atoms with van der Waals surface area (Å²) < 4.78 is 14.2. The summed E-state index contributed by atoms with van der Waals surface area (Å²) >= 11 is 9.72. The van der Waals surface area contributed by atoms with Gasteiger partial charge in [0.1, 0.15) is 5.82 Å². The van der Waals surface area contributed by atoms with Crippen LogP contribution in [0.5, 0.6) is 0 Å². The molecular formula is C15H14BrClFN. The molecule has 0 bridgehead atoms. The minimum atomic E-state index is -0.226. The summed E-state index contributed by atoms with van der Waals surface area (Å²) in [5.41, 5.74) is 2.88. The third kappa shape index (κ3) is 3.16. The Bertz CT molecular complexity index is 601. The van der Waals surface area contributed by atoms with Crippen molar-refractivity contribution in [1.82, 2.24) is 5.32 Å². The van der Waals surface area contributed by atoms with Crippen LogP contribution in [0.2, 0.25) is 5.02 Å². The van der Waals surface area contributed by atoms with Gasteiger partial charge in [-0.3, -0.25) is 0 Å². The van der Waals surface area contributed by atoms with Gasteiger partial charge in [0.05, 0.1) is 6.04 Å². The van der Waals surface area contributed by atoms with E-state index in [1.807, 2.05) is 32.2 Å². The van der Waals surface area contributed by atoms with Crippen molar-refractivity contribution in [2.75, 3.05) is 7.05 Å². The van der Waals surface area contributed by atoms with Crippen molar-refractivity contribution in [3.63, 3.8) is 0 Å². The molecule has 100 valence electrons. The first-order valence-corrected chi connectivity index (χ1v) is 7.08. The Morgan fingerprint density at radius 2 is 1.89 bits per heavy atom. The summed E-state index contributed by atoms with van der Waals surface area (Å²) in [4.78, 5) is 0. The van der Waals surface area contributed by atoms with E-state index in [9.17, 15) is 4.39 Å². The van der Waals surface area contributed by atoms with E-state index in [0.717, 1.165) is 21.2 Å². The van der Waals surface area contributed by atoms with Crippen LogP contribution in [0.3, 0.4) is 0 Å². The zero-order chi connectivity index (χ0) is 14.0. The highest BCUT2D eigenvalue weighted by Gasteiger charge is 2.17. The van der Waals surface area contributed by atoms with Gasteiger partial charge in [-0.15, -0.1) is 0 Å². The molecule has 0 aliphatic carbocycles. The van der Waals surface area contributed by atoms with Crippen molar-refractivity contribution >= 4 is 27.5 Å². The summed E-state index contributed by atoms with van der Waals surface area (Å²) in [6.07, 6.45) is 0. The average Bonchev–Trinajstić information content (AvgIpc) is 2.36. The quantitative estimate of drug-likeness (QED) is 0.840. The maximum Gasteiger partial charge on any atom is 0.123 e. The molecule has 2 rings (SSSR count). The largest absolute Gasteiger partial charge is 0.309 e. The van der Waals surface area contributed by atoms with Crippen LogP contribution in [0.1, 0.15) is 22.7 Å². The molecule has 0 fully saturated rings. The Kier molecular flexibility index (Phi) is 4.61. The van der Waals surface area contributed by atoms with Gasteiger partial charge in [-0.1, -0.05) is 33.6 Å². The van der Waals surface area contributed by atoms with Gasteiger partial charge in [-0.2, -0.15) is 0 Å². The van der Waals surface area contributed by atoms with Crippen molar-refractivity contribution in [2.24, 2.45) is 0 Å². The maximum atomic E-state index is 13.2. The average molecular weight is 343 g/mol. The Labute approximate surface area is 125 Å². The van der Waals surface area contributed by atoms with Crippen LogP contribution in [-0.4, -0.2) is 7.05 Å². The van der Waals surface area contributed by atoms with E-state index in [1.54, 1.807) is 6.07 Å². The molecule has 1 nitrogen and oxygen atoms in total. The van der Waals surface area contributed by atoms with Gasteiger partial charge >= 0.3 is 0 Å². The van der Waals surface area contributed by atoms with E-state index >= 15 is 0 Å². The molecule has 0 radical (unpaired) electrons. The first kappa shape index (κ1) is 14.5. The van der Waals surface area contributed by atoms with Gasteiger partial charge in [0.2, 0.25) is 0 Å². The van der Waals surface area contributed by atoms with Gasteiger partial charge in [-0.05, 0) is 61.0 Å². The van der Waals surface area contributed by atoms with E-state index in [1.165, 1.54) is 12.1 Å². The molecule has 4 heteroatoms. The molecule has 1 N–H and O–H groups in total. The molecule has 0 spiro atoms. The predicted octanol–water partition coefficient (Wildman–Crippen LogP) is 4.86. The SMILES string of the molecule is CNC(c1ccc(F)cc1C)c1cc(Br)ccc1Cl. The van der Waals surface area contributed by atoms with E-state index in [0.29, 0.717) is 5.02 Å². The Morgan fingerprint density at radius 3 is 2.53 bits per heavy atom. The lowest BCUT2D eigenvalue weighted by atomic mass is 9.95. The van der Waals surface area contributed by atoms with Crippen LogP contribution >= 0.6 is 27.5 Å². The molecule has 1 atom stereocenters. The van der Waals surface area contributed by atoms with E-state index in [2.05, 4.69) is 21.2 Å². The Morgan fingerprint density at radius 1 is 1.16 bits per heavy atom. The summed E-state index contributed by atoms with van der Waals surface area (Å²) in [6, 6.07) is 10.5. The zero-order valence-electron chi connectivity index (χ0n) is 10.7. The third-order valence-electron chi connectivity index (χ3n) is 3.10. The summed E-state index contributed by atoms with van der Waals surface area (Å²) in [5.74, 6) is -0.226. The minimum Gasteiger partial charge on any atom is -0.309 e. The first-order chi connectivity index (χ1) is 9.02. The fourth-order valence-corrected chi connectivity index (χ4v) is 2.78. The van der Waals surface area contributed by atoms with Crippen LogP contribution in [0, 0.1) is 12.7 Å². The van der Waals surface area contributed by atoms with Gasteiger partial charge < -0.3 is 5.32 Å². The standard InChI is InChI=1S/C15H14BrClFN/c1-9-7-11(18)4-5-12(9)15(19-2)13-8-10(16)3-6-14(13)17/h3-8,15,19H,1-2H3. The molecule has 0 aliphatic heterocycles. The minimum absolute atomic E-state index is 0.0643. The van der Waals surface area contributed by atoms with E-state index in [-0.39, 0.29) is 11.9 Å². The third-order valence-corrected chi connectivity index (χ3v) is 3.94. The van der Waals surface area contributed by atoms with Gasteiger partial charge in [0.15, 0.2) is 0 Å². The van der Waals surface area contributed by atoms with Gasteiger partial charge in [0.25, 0.3) is 0 Å². The molecule has 0 amide bonds. The highest BCUT2D eigenvalue weighted by atomic mass is 79.9. The second-order valence-electron chi connectivity index (χ2n) is 4.39. The summed E-state index contributed by atoms with van der Waals surface area (Å²) in [6.45, 7) is 1.90. The van der Waals surface area contributed by atoms with Gasteiger partial charge in [-0.25, -0.2) is 4.39 Å². The van der Waals surface area contributed by atoms with E-state index < -0.39 is 0 Å². The van der Waals surface area contributed by atoms with Gasteiger partial charge in [0, 0.05) is 9.50 Å². The number of nitrogens with one attached hydrogen (secondary N) is 1. The summed E-state index contributed by atoms with van der Waals surface area (Å²) in [7, 11) is 1.87. The molecular weight excluding hydrogens is 329 g/mol. The molecule has 0 aliphatic rings. The molecule has 2 aromatic carbocycles. The van der Waals surface area contributed by atoms with E-state index in [4.69, 9.17) is 11.6 Å². The van der Waals surface area contributed by atoms with Crippen LogP contribution in [0.25, 0.3) is 0 Å². The molecule has 0 saturated heterocycles. The molecule has 19 heavy (non-hydrogen) atoms. The van der Waals surface area contributed by atoms with Crippen LogP contribution in [0.4, 0.5) is 4.39 Å². The number of benzene rings is 2. The van der Waals surface area contributed by atoms with Crippen molar-refractivity contribution in [3.8, 4) is 0 Å².